The summed E-state index contributed by atoms with van der Waals surface area (Å²) in [5, 5.41) is 5.45. The molecular formula is C12H9NO2. The summed E-state index contributed by atoms with van der Waals surface area (Å²) in [5.74, 6) is 1.67. The number of ether oxygens (including phenoxy) is 2. The zero-order chi connectivity index (χ0) is 9.83. The molecule has 0 aromatic heterocycles. The summed E-state index contributed by atoms with van der Waals surface area (Å²) in [6.07, 6.45) is 0.109. The first-order chi connectivity index (χ1) is 7.40. The number of benzene rings is 2. The van der Waals surface area contributed by atoms with Gasteiger partial charge in [-0.15, -0.1) is 0 Å². The largest absolute Gasteiger partial charge is 0.466 e. The topological polar surface area (TPSA) is 40.4 Å². The summed E-state index contributed by atoms with van der Waals surface area (Å²) in [5.41, 5.74) is 0. The standard InChI is InChI=1S/C12H9NO2/c1-2-4-8-6-10-9(5-7(8)3-1)14-11-12(13-11)15-10/h1-6,11-13H. The molecule has 74 valence electrons. The van der Waals surface area contributed by atoms with E-state index in [-0.39, 0.29) is 12.5 Å². The molecule has 2 aromatic rings. The van der Waals surface area contributed by atoms with Gasteiger partial charge in [0.15, 0.2) is 11.5 Å². The van der Waals surface area contributed by atoms with Crippen molar-refractivity contribution >= 4 is 10.8 Å². The SMILES string of the molecule is c1ccc2cc3c(cc2c1)OC1NC1O3. The highest BCUT2D eigenvalue weighted by atomic mass is 16.6. The molecule has 0 amide bonds. The van der Waals surface area contributed by atoms with E-state index in [1.54, 1.807) is 0 Å². The predicted molar refractivity (Wildman–Crippen MR) is 55.9 cm³/mol. The Bertz CT molecular complexity index is 504. The van der Waals surface area contributed by atoms with Crippen LogP contribution in [-0.2, 0) is 0 Å². The van der Waals surface area contributed by atoms with Gasteiger partial charge in [-0.05, 0) is 22.9 Å². The molecule has 0 spiro atoms. The van der Waals surface area contributed by atoms with Crippen LogP contribution in [0.5, 0.6) is 11.5 Å². The van der Waals surface area contributed by atoms with E-state index in [1.807, 2.05) is 24.3 Å². The lowest BCUT2D eigenvalue weighted by Gasteiger charge is -2.16. The second-order valence-corrected chi connectivity index (χ2v) is 3.89. The van der Waals surface area contributed by atoms with E-state index in [0.717, 1.165) is 11.5 Å². The minimum absolute atomic E-state index is 0.0543. The van der Waals surface area contributed by atoms with Gasteiger partial charge in [0.1, 0.15) is 0 Å². The van der Waals surface area contributed by atoms with Crippen LogP contribution in [0.4, 0.5) is 0 Å². The summed E-state index contributed by atoms with van der Waals surface area (Å²) in [6, 6.07) is 12.3. The maximum atomic E-state index is 5.68. The Labute approximate surface area is 86.6 Å². The Hall–Kier alpha value is -1.74. The Morgan fingerprint density at radius 2 is 1.40 bits per heavy atom. The van der Waals surface area contributed by atoms with E-state index in [9.17, 15) is 0 Å². The van der Waals surface area contributed by atoms with Crippen molar-refractivity contribution in [2.45, 2.75) is 12.5 Å². The summed E-state index contributed by atoms with van der Waals surface area (Å²) < 4.78 is 11.4. The van der Waals surface area contributed by atoms with Crippen molar-refractivity contribution in [2.75, 3.05) is 0 Å². The molecule has 0 aliphatic carbocycles. The van der Waals surface area contributed by atoms with Gasteiger partial charge in [-0.3, -0.25) is 0 Å². The number of fused-ring (bicyclic) bond motifs is 3. The van der Waals surface area contributed by atoms with Crippen molar-refractivity contribution in [3.63, 3.8) is 0 Å². The first-order valence-corrected chi connectivity index (χ1v) is 5.02. The van der Waals surface area contributed by atoms with Crippen molar-refractivity contribution in [3.05, 3.63) is 36.4 Å². The summed E-state index contributed by atoms with van der Waals surface area (Å²) in [7, 11) is 0. The van der Waals surface area contributed by atoms with Gasteiger partial charge >= 0.3 is 0 Å². The molecule has 2 aliphatic rings. The molecule has 0 saturated carbocycles. The van der Waals surface area contributed by atoms with E-state index in [2.05, 4.69) is 17.4 Å². The zero-order valence-corrected chi connectivity index (χ0v) is 7.94. The van der Waals surface area contributed by atoms with E-state index in [0.29, 0.717) is 0 Å². The van der Waals surface area contributed by atoms with Gasteiger partial charge in [-0.2, -0.15) is 0 Å². The van der Waals surface area contributed by atoms with E-state index < -0.39 is 0 Å². The fraction of sp³-hybridized carbons (Fsp3) is 0.167. The Kier molecular flexibility index (Phi) is 1.22. The molecule has 3 nitrogen and oxygen atoms in total. The molecule has 1 N–H and O–H groups in total. The highest BCUT2D eigenvalue weighted by Crippen LogP contribution is 2.39. The van der Waals surface area contributed by atoms with Gasteiger partial charge in [-0.1, -0.05) is 24.3 Å². The molecule has 3 heteroatoms. The number of rotatable bonds is 0. The third-order valence-corrected chi connectivity index (χ3v) is 2.81. The fourth-order valence-corrected chi connectivity index (χ4v) is 1.95. The second kappa shape index (κ2) is 2.44. The summed E-state index contributed by atoms with van der Waals surface area (Å²) >= 11 is 0. The van der Waals surface area contributed by atoms with Crippen LogP contribution < -0.4 is 14.8 Å². The van der Waals surface area contributed by atoms with Crippen LogP contribution in [0, 0.1) is 0 Å². The lowest BCUT2D eigenvalue weighted by molar-refractivity contribution is 0.166. The maximum Gasteiger partial charge on any atom is 0.204 e. The van der Waals surface area contributed by atoms with Crippen LogP contribution in [0.3, 0.4) is 0 Å². The molecule has 1 fully saturated rings. The van der Waals surface area contributed by atoms with Gasteiger partial charge in [-0.25, -0.2) is 5.32 Å². The molecular weight excluding hydrogens is 190 g/mol. The molecule has 0 radical (unpaired) electrons. The summed E-state index contributed by atoms with van der Waals surface area (Å²) in [4.78, 5) is 0. The van der Waals surface area contributed by atoms with Gasteiger partial charge in [0, 0.05) is 0 Å². The quantitative estimate of drug-likeness (QED) is 0.658. The van der Waals surface area contributed by atoms with Crippen molar-refractivity contribution in [1.29, 1.82) is 0 Å². The fourth-order valence-electron chi connectivity index (χ4n) is 1.95. The van der Waals surface area contributed by atoms with Crippen LogP contribution in [0.2, 0.25) is 0 Å². The average molecular weight is 199 g/mol. The molecule has 15 heavy (non-hydrogen) atoms. The minimum atomic E-state index is 0.0543. The van der Waals surface area contributed by atoms with Crippen molar-refractivity contribution in [2.24, 2.45) is 0 Å². The third-order valence-electron chi connectivity index (χ3n) is 2.81. The van der Waals surface area contributed by atoms with E-state index in [1.165, 1.54) is 10.8 Å². The normalized spacial score (nSPS) is 26.1. The van der Waals surface area contributed by atoms with Crippen LogP contribution in [0.15, 0.2) is 36.4 Å². The molecule has 2 unspecified atom stereocenters. The van der Waals surface area contributed by atoms with Gasteiger partial charge in [0.25, 0.3) is 0 Å². The number of nitrogens with one attached hydrogen (secondary N) is 1. The van der Waals surface area contributed by atoms with Crippen molar-refractivity contribution < 1.29 is 9.47 Å². The van der Waals surface area contributed by atoms with Crippen molar-refractivity contribution in [1.82, 2.24) is 5.32 Å². The third kappa shape index (κ3) is 1.04. The van der Waals surface area contributed by atoms with Gasteiger partial charge in [0.2, 0.25) is 12.5 Å². The average Bonchev–Trinajstić information content (AvgIpc) is 3.00. The summed E-state index contributed by atoms with van der Waals surface area (Å²) in [6.45, 7) is 0. The first kappa shape index (κ1) is 7.54. The van der Waals surface area contributed by atoms with Crippen LogP contribution in [0.25, 0.3) is 10.8 Å². The van der Waals surface area contributed by atoms with Gasteiger partial charge < -0.3 is 9.47 Å². The Morgan fingerprint density at radius 1 is 0.867 bits per heavy atom. The van der Waals surface area contributed by atoms with Crippen LogP contribution >= 0.6 is 0 Å². The number of hydrogen-bond donors (Lipinski definition) is 1. The molecule has 2 aromatic carbocycles. The Balaban J connectivity index is 1.97. The van der Waals surface area contributed by atoms with E-state index >= 15 is 0 Å². The molecule has 2 aliphatic heterocycles. The smallest absolute Gasteiger partial charge is 0.204 e. The molecule has 1 saturated heterocycles. The van der Waals surface area contributed by atoms with E-state index in [4.69, 9.17) is 9.47 Å². The minimum Gasteiger partial charge on any atom is -0.466 e. The number of hydrogen-bond acceptors (Lipinski definition) is 3. The lowest BCUT2D eigenvalue weighted by Crippen LogP contribution is -2.15. The van der Waals surface area contributed by atoms with Crippen LogP contribution in [0.1, 0.15) is 0 Å². The molecule has 2 heterocycles. The second-order valence-electron chi connectivity index (χ2n) is 3.89. The first-order valence-electron chi connectivity index (χ1n) is 5.02. The van der Waals surface area contributed by atoms with Crippen LogP contribution in [-0.4, -0.2) is 12.5 Å². The maximum absolute atomic E-state index is 5.68. The highest BCUT2D eigenvalue weighted by molar-refractivity contribution is 5.86. The molecule has 4 rings (SSSR count). The highest BCUT2D eigenvalue weighted by Gasteiger charge is 2.45. The Morgan fingerprint density at radius 3 is 1.93 bits per heavy atom. The zero-order valence-electron chi connectivity index (χ0n) is 7.94. The molecule has 2 atom stereocenters. The molecule has 0 bridgehead atoms. The monoisotopic (exact) mass is 199 g/mol. The lowest BCUT2D eigenvalue weighted by atomic mass is 10.1. The van der Waals surface area contributed by atoms with Crippen molar-refractivity contribution in [3.8, 4) is 11.5 Å². The van der Waals surface area contributed by atoms with Gasteiger partial charge in [0.05, 0.1) is 0 Å². The predicted octanol–water partition coefficient (Wildman–Crippen LogP) is 1.87.